The first-order valence-electron chi connectivity index (χ1n) is 5.86. The molecule has 0 radical (unpaired) electrons. The Morgan fingerprint density at radius 3 is 2.39 bits per heavy atom. The number of hydrogen-bond donors (Lipinski definition) is 0. The van der Waals surface area contributed by atoms with Crippen LogP contribution in [0.4, 0.5) is 12.9 Å². The van der Waals surface area contributed by atoms with Crippen molar-refractivity contribution in [2.24, 2.45) is 5.92 Å². The van der Waals surface area contributed by atoms with E-state index in [4.69, 9.17) is 4.74 Å². The van der Waals surface area contributed by atoms with Crippen LogP contribution in [0, 0.1) is 5.92 Å². The third-order valence-corrected chi connectivity index (χ3v) is 2.58. The first-order chi connectivity index (χ1) is 7.95. The van der Waals surface area contributed by atoms with E-state index in [0.29, 0.717) is 6.61 Å². The van der Waals surface area contributed by atoms with Crippen LogP contribution >= 0.6 is 0 Å². The standard InChI is InChI=1S/C12H17BF3O.K/c1-3-6-10(2)9-17-12-8-5-4-7-11(12)13(14,15)16;/h4-5,7-8,10H,3,6,9H2,1-2H3;/q-1;+1. The monoisotopic (exact) mass is 284 g/mol. The van der Waals surface area contributed by atoms with Gasteiger partial charge in [-0.15, -0.1) is 0 Å². The summed E-state index contributed by atoms with van der Waals surface area (Å²) in [5.41, 5.74) is -0.642. The van der Waals surface area contributed by atoms with Crippen LogP contribution in [-0.4, -0.2) is 13.6 Å². The molecular weight excluding hydrogens is 267 g/mol. The molecule has 0 spiro atoms. The molecule has 1 atom stereocenters. The Hall–Kier alpha value is 0.511. The summed E-state index contributed by atoms with van der Waals surface area (Å²) in [4.78, 5) is 0. The second kappa shape index (κ2) is 8.64. The van der Waals surface area contributed by atoms with Gasteiger partial charge in [-0.3, -0.25) is 0 Å². The van der Waals surface area contributed by atoms with Crippen molar-refractivity contribution in [2.45, 2.75) is 26.7 Å². The molecule has 18 heavy (non-hydrogen) atoms. The first kappa shape index (κ1) is 18.5. The maximum Gasteiger partial charge on any atom is 1.00 e. The van der Waals surface area contributed by atoms with Gasteiger partial charge in [0, 0.05) is 0 Å². The maximum atomic E-state index is 12.7. The van der Waals surface area contributed by atoms with Gasteiger partial charge < -0.3 is 17.7 Å². The Morgan fingerprint density at radius 2 is 1.83 bits per heavy atom. The van der Waals surface area contributed by atoms with Gasteiger partial charge in [-0.2, -0.15) is 0 Å². The average molecular weight is 284 g/mol. The molecule has 1 aromatic rings. The summed E-state index contributed by atoms with van der Waals surface area (Å²) in [6.45, 7) is -0.651. The van der Waals surface area contributed by atoms with E-state index in [1.165, 1.54) is 12.1 Å². The van der Waals surface area contributed by atoms with Gasteiger partial charge in [-0.1, -0.05) is 43.9 Å². The third-order valence-electron chi connectivity index (χ3n) is 2.58. The van der Waals surface area contributed by atoms with E-state index in [-0.39, 0.29) is 63.1 Å². The van der Waals surface area contributed by atoms with Crippen LogP contribution in [0.3, 0.4) is 0 Å². The molecule has 1 nitrogen and oxygen atoms in total. The van der Waals surface area contributed by atoms with Crippen LogP contribution in [0.2, 0.25) is 0 Å². The van der Waals surface area contributed by atoms with E-state index >= 15 is 0 Å². The number of benzene rings is 1. The minimum atomic E-state index is -5.00. The molecule has 0 aliphatic heterocycles. The van der Waals surface area contributed by atoms with Gasteiger partial charge in [0.05, 0.1) is 12.4 Å². The van der Waals surface area contributed by atoms with Gasteiger partial charge in [0.15, 0.2) is 0 Å². The predicted molar refractivity (Wildman–Crippen MR) is 64.7 cm³/mol. The van der Waals surface area contributed by atoms with Gasteiger partial charge in [0.1, 0.15) is 0 Å². The fraction of sp³-hybridized carbons (Fsp3) is 0.500. The van der Waals surface area contributed by atoms with E-state index in [1.807, 2.05) is 13.8 Å². The molecule has 0 amide bonds. The number of para-hydroxylation sites is 1. The van der Waals surface area contributed by atoms with E-state index in [0.717, 1.165) is 18.9 Å². The van der Waals surface area contributed by atoms with Crippen molar-refractivity contribution in [3.8, 4) is 5.75 Å². The SMILES string of the molecule is CCCC(C)COc1ccccc1[B-](F)(F)F.[K+]. The molecule has 0 saturated heterocycles. The zero-order chi connectivity index (χ0) is 12.9. The van der Waals surface area contributed by atoms with E-state index < -0.39 is 12.4 Å². The molecule has 0 heterocycles. The largest absolute Gasteiger partial charge is 1.00 e. The van der Waals surface area contributed by atoms with Crippen molar-refractivity contribution in [2.75, 3.05) is 6.61 Å². The summed E-state index contributed by atoms with van der Waals surface area (Å²) in [6, 6.07) is 5.39. The number of ether oxygens (including phenoxy) is 1. The summed E-state index contributed by atoms with van der Waals surface area (Å²) in [7, 11) is 0. The van der Waals surface area contributed by atoms with E-state index in [9.17, 15) is 12.9 Å². The molecule has 1 rings (SSSR count). The van der Waals surface area contributed by atoms with Crippen LogP contribution in [0.25, 0.3) is 0 Å². The molecular formula is C12H17BF3KO. The summed E-state index contributed by atoms with van der Waals surface area (Å²) in [5.74, 6) is 0.219. The molecule has 0 bridgehead atoms. The maximum absolute atomic E-state index is 12.7. The fourth-order valence-electron chi connectivity index (χ4n) is 1.69. The van der Waals surface area contributed by atoms with E-state index in [2.05, 4.69) is 0 Å². The zero-order valence-electron chi connectivity index (χ0n) is 11.1. The molecule has 0 N–H and O–H groups in total. The Balaban J connectivity index is 0.00000289. The molecule has 6 heteroatoms. The summed E-state index contributed by atoms with van der Waals surface area (Å²) in [6.07, 6.45) is 1.97. The average Bonchev–Trinajstić information content (AvgIpc) is 2.26. The first-order valence-corrected chi connectivity index (χ1v) is 5.86. The fourth-order valence-corrected chi connectivity index (χ4v) is 1.69. The Kier molecular flexibility index (Phi) is 8.88. The molecule has 0 aliphatic carbocycles. The summed E-state index contributed by atoms with van der Waals surface area (Å²) >= 11 is 0. The Morgan fingerprint density at radius 1 is 1.22 bits per heavy atom. The van der Waals surface area contributed by atoms with Crippen molar-refractivity contribution in [3.05, 3.63) is 24.3 Å². The molecule has 1 aromatic carbocycles. The Bertz CT molecular complexity index is 357. The summed E-state index contributed by atoms with van der Waals surface area (Å²) in [5, 5.41) is 0. The van der Waals surface area contributed by atoms with Crippen molar-refractivity contribution in [1.82, 2.24) is 0 Å². The Labute approximate surface area is 149 Å². The normalized spacial score (nSPS) is 12.7. The molecule has 0 aromatic heterocycles. The van der Waals surface area contributed by atoms with Gasteiger partial charge >= 0.3 is 58.4 Å². The topological polar surface area (TPSA) is 9.23 Å². The van der Waals surface area contributed by atoms with Crippen LogP contribution in [-0.2, 0) is 0 Å². The van der Waals surface area contributed by atoms with Crippen molar-refractivity contribution >= 4 is 12.4 Å². The second-order valence-corrected chi connectivity index (χ2v) is 4.32. The quantitative estimate of drug-likeness (QED) is 0.694. The van der Waals surface area contributed by atoms with Crippen molar-refractivity contribution in [3.63, 3.8) is 0 Å². The number of hydrogen-bond acceptors (Lipinski definition) is 1. The van der Waals surface area contributed by atoms with Gasteiger partial charge in [-0.05, 0) is 18.4 Å². The minimum Gasteiger partial charge on any atom is -0.496 e. The zero-order valence-corrected chi connectivity index (χ0v) is 14.3. The smallest absolute Gasteiger partial charge is 0.496 e. The number of halogens is 3. The molecule has 96 valence electrons. The molecule has 0 saturated carbocycles. The van der Waals surface area contributed by atoms with Gasteiger partial charge in [0.25, 0.3) is 0 Å². The third kappa shape index (κ3) is 6.10. The predicted octanol–water partition coefficient (Wildman–Crippen LogP) is 0.560. The van der Waals surface area contributed by atoms with Crippen LogP contribution < -0.4 is 61.6 Å². The molecule has 1 unspecified atom stereocenters. The van der Waals surface area contributed by atoms with Crippen LogP contribution in [0.1, 0.15) is 26.7 Å². The van der Waals surface area contributed by atoms with Crippen LogP contribution in [0.15, 0.2) is 24.3 Å². The minimum absolute atomic E-state index is 0. The molecule has 0 aliphatic rings. The van der Waals surface area contributed by atoms with Crippen molar-refractivity contribution < 1.29 is 69.1 Å². The molecule has 0 fully saturated rings. The second-order valence-electron chi connectivity index (χ2n) is 4.32. The van der Waals surface area contributed by atoms with Crippen molar-refractivity contribution in [1.29, 1.82) is 0 Å². The van der Waals surface area contributed by atoms with Gasteiger partial charge in [0.2, 0.25) is 0 Å². The number of rotatable bonds is 6. The van der Waals surface area contributed by atoms with Gasteiger partial charge in [-0.25, -0.2) is 0 Å². The van der Waals surface area contributed by atoms with Crippen LogP contribution in [0.5, 0.6) is 5.75 Å². The van der Waals surface area contributed by atoms with E-state index in [1.54, 1.807) is 6.07 Å². The summed E-state index contributed by atoms with van der Waals surface area (Å²) < 4.78 is 43.4.